The van der Waals surface area contributed by atoms with Gasteiger partial charge in [-0.05, 0) is 25.7 Å². The Morgan fingerprint density at radius 1 is 0.545 bits per heavy atom. The summed E-state index contributed by atoms with van der Waals surface area (Å²) in [5.74, 6) is 0.909. The van der Waals surface area contributed by atoms with Crippen LogP contribution in [0.4, 0.5) is 0 Å². The summed E-state index contributed by atoms with van der Waals surface area (Å²) in [5, 5.41) is 3.03. The fourth-order valence-electron chi connectivity index (χ4n) is 5.65. The predicted molar refractivity (Wildman–Crippen MR) is 174 cm³/mol. The van der Waals surface area contributed by atoms with Crippen LogP contribution in [0.3, 0.4) is 0 Å². The van der Waals surface area contributed by atoms with E-state index >= 15 is 0 Å². The van der Waals surface area contributed by atoms with E-state index in [0.29, 0.717) is 11.8 Å². The first-order chi connectivity index (χ1) is 20.6. The maximum atomic E-state index is 3.46. The molecular formula is C40H32Cl2SiZr-2. The summed E-state index contributed by atoms with van der Waals surface area (Å²) >= 11 is 1.64. The Kier molecular flexibility index (Phi) is 12.2. The molecule has 0 saturated carbocycles. The number of aryl methyl sites for hydroxylation is 2. The van der Waals surface area contributed by atoms with Crippen LogP contribution < -0.4 is 35.2 Å². The molecule has 4 aromatic carbocycles. The summed E-state index contributed by atoms with van der Waals surface area (Å²) in [5.41, 5.74) is 10.1. The minimum absolute atomic E-state index is 0. The van der Waals surface area contributed by atoms with Gasteiger partial charge in [-0.25, -0.2) is 0 Å². The van der Waals surface area contributed by atoms with Crippen molar-refractivity contribution in [3.05, 3.63) is 202 Å². The third kappa shape index (κ3) is 7.79. The number of hydrogen-bond acceptors (Lipinski definition) is 0. The van der Waals surface area contributed by atoms with E-state index in [2.05, 4.69) is 172 Å². The second kappa shape index (κ2) is 15.8. The van der Waals surface area contributed by atoms with Crippen LogP contribution in [-0.4, -0.2) is 5.43 Å². The zero-order valence-electron chi connectivity index (χ0n) is 24.8. The van der Waals surface area contributed by atoms with Gasteiger partial charge in [-0.2, -0.15) is 0 Å². The van der Waals surface area contributed by atoms with Crippen molar-refractivity contribution >= 4 is 15.8 Å². The van der Waals surface area contributed by atoms with Gasteiger partial charge in [-0.15, -0.1) is 94.1 Å². The van der Waals surface area contributed by atoms with Gasteiger partial charge in [0.25, 0.3) is 0 Å². The number of allylic oxidation sites excluding steroid dienone is 10. The molecule has 216 valence electrons. The quantitative estimate of drug-likeness (QED) is 0.222. The molecule has 0 aromatic heterocycles. The van der Waals surface area contributed by atoms with E-state index in [1.165, 1.54) is 54.9 Å². The van der Waals surface area contributed by atoms with E-state index in [1.807, 2.05) is 0 Å². The van der Waals surface area contributed by atoms with E-state index in [-0.39, 0.29) is 24.8 Å². The average molecular weight is 703 g/mol. The summed E-state index contributed by atoms with van der Waals surface area (Å²) in [6.45, 7) is 4.25. The monoisotopic (exact) mass is 700 g/mol. The Morgan fingerprint density at radius 2 is 0.955 bits per heavy atom. The molecular weight excluding hydrogens is 671 g/mol. The molecule has 0 saturated heterocycles. The van der Waals surface area contributed by atoms with Crippen LogP contribution in [0.2, 0.25) is 0 Å². The van der Waals surface area contributed by atoms with Gasteiger partial charge >= 0.3 is 99.8 Å². The molecule has 4 heteroatoms. The Bertz CT molecular complexity index is 1680. The molecule has 0 heterocycles. The number of fused-ring (bicyclic) bond motifs is 6. The first kappa shape index (κ1) is 33.9. The van der Waals surface area contributed by atoms with Gasteiger partial charge < -0.3 is 24.8 Å². The van der Waals surface area contributed by atoms with Crippen molar-refractivity contribution in [2.75, 3.05) is 0 Å². The van der Waals surface area contributed by atoms with Crippen LogP contribution in [-0.2, 0) is 23.3 Å². The molecule has 4 aliphatic carbocycles. The molecule has 0 N–H and O–H groups in total. The zero-order valence-corrected chi connectivity index (χ0v) is 29.7. The molecule has 2 unspecified atom stereocenters. The van der Waals surface area contributed by atoms with Gasteiger partial charge in [0.2, 0.25) is 0 Å². The molecule has 0 amide bonds. The van der Waals surface area contributed by atoms with Gasteiger partial charge in [0, 0.05) is 0 Å². The number of halogens is 2. The molecule has 0 aliphatic heterocycles. The van der Waals surface area contributed by atoms with Crippen molar-refractivity contribution in [1.29, 1.82) is 0 Å². The molecule has 0 spiro atoms. The van der Waals surface area contributed by atoms with Crippen molar-refractivity contribution in [2.24, 2.45) is 0 Å². The molecule has 2 atom stereocenters. The van der Waals surface area contributed by atoms with Crippen molar-refractivity contribution < 1.29 is 48.1 Å². The number of benzene rings is 4. The van der Waals surface area contributed by atoms with Crippen molar-refractivity contribution in [2.45, 2.75) is 25.7 Å². The van der Waals surface area contributed by atoms with E-state index in [1.54, 1.807) is 23.3 Å². The normalized spacial score (nSPS) is 17.0. The van der Waals surface area contributed by atoms with Crippen LogP contribution >= 0.6 is 0 Å². The van der Waals surface area contributed by atoms with E-state index < -0.39 is 5.43 Å². The van der Waals surface area contributed by atoms with Gasteiger partial charge in [-0.3, -0.25) is 0 Å². The van der Waals surface area contributed by atoms with Crippen LogP contribution in [0.5, 0.6) is 0 Å². The molecule has 4 aliphatic rings. The summed E-state index contributed by atoms with van der Waals surface area (Å²) in [7, 11) is 0. The SMILES string of the molecule is Cc1ccc2c(c1)[C-]=C1C=CC=CC12.Cc1ccc2c(c1)[C-]=C1C=CC=CC12.[Cl-].[Cl-].[Zr+2]=[Si](c1ccccc1)c1ccccc1. The molecule has 4 aromatic rings. The van der Waals surface area contributed by atoms with Gasteiger partial charge in [-0.1, -0.05) is 47.6 Å². The second-order valence-electron chi connectivity index (χ2n) is 10.9. The first-order valence-corrected chi connectivity index (χ1v) is 19.6. The third-order valence-corrected chi connectivity index (χ3v) is 13.9. The van der Waals surface area contributed by atoms with E-state index in [9.17, 15) is 0 Å². The predicted octanol–water partition coefficient (Wildman–Crippen LogP) is 1.94. The minimum atomic E-state index is -0.455. The number of rotatable bonds is 2. The summed E-state index contributed by atoms with van der Waals surface area (Å²) in [4.78, 5) is 0. The Labute approximate surface area is 289 Å². The standard InChI is InChI=1S/2C14H11.C12H10Si.2ClH.Zr/c2*1-10-6-7-14-12(8-10)9-11-4-2-3-5-13(11)14;1-3-7-11(8-4-1)13-12-9-5-2-6-10-12;;;/h2*2-8,13H,1H3;1-10H;2*1H;/q2*-1;;;;+2/p-2. The summed E-state index contributed by atoms with van der Waals surface area (Å²) in [6.07, 6.45) is 24.1. The Morgan fingerprint density at radius 3 is 1.36 bits per heavy atom. The fraction of sp³-hybridized carbons (Fsp3) is 0.100. The average Bonchev–Trinajstić information content (AvgIpc) is 3.59. The van der Waals surface area contributed by atoms with E-state index in [4.69, 9.17) is 0 Å². The van der Waals surface area contributed by atoms with Gasteiger partial charge in [0.1, 0.15) is 0 Å². The van der Waals surface area contributed by atoms with Crippen molar-refractivity contribution in [3.8, 4) is 0 Å². The van der Waals surface area contributed by atoms with Crippen LogP contribution in [0.15, 0.2) is 157 Å². The Balaban J connectivity index is 0.000000147. The molecule has 44 heavy (non-hydrogen) atoms. The molecule has 8 rings (SSSR count). The Hall–Kier alpha value is -3.00. The maximum absolute atomic E-state index is 3.46. The van der Waals surface area contributed by atoms with E-state index in [0.717, 1.165) is 0 Å². The summed E-state index contributed by atoms with van der Waals surface area (Å²) < 4.78 is 0. The second-order valence-corrected chi connectivity index (χ2v) is 16.5. The number of hydrogen-bond donors (Lipinski definition) is 0. The van der Waals surface area contributed by atoms with Gasteiger partial charge in [0.15, 0.2) is 0 Å². The molecule has 0 bridgehead atoms. The van der Waals surface area contributed by atoms with Crippen molar-refractivity contribution in [1.82, 2.24) is 0 Å². The van der Waals surface area contributed by atoms with Crippen LogP contribution in [0, 0.1) is 26.0 Å². The molecule has 0 nitrogen and oxygen atoms in total. The summed E-state index contributed by atoms with van der Waals surface area (Å²) in [6, 6.07) is 34.9. The first-order valence-electron chi connectivity index (χ1n) is 14.4. The molecule has 0 radical (unpaired) electrons. The van der Waals surface area contributed by atoms with Crippen LogP contribution in [0.1, 0.15) is 45.2 Å². The zero-order chi connectivity index (χ0) is 28.9. The van der Waals surface area contributed by atoms with Crippen LogP contribution in [0.25, 0.3) is 0 Å². The fourth-order valence-corrected chi connectivity index (χ4v) is 9.49. The van der Waals surface area contributed by atoms with Crippen molar-refractivity contribution in [3.63, 3.8) is 0 Å². The van der Waals surface area contributed by atoms with Gasteiger partial charge in [0.05, 0.1) is 0 Å². The topological polar surface area (TPSA) is 0 Å². The molecule has 0 fully saturated rings. The third-order valence-electron chi connectivity index (χ3n) is 7.82.